The quantitative estimate of drug-likeness (QED) is 0.110. The SMILES string of the molecule is CC(O)C(N)C(=O)NC(CC(=O)O)C(=O)NC(Cc1c[nH]c2ccccc12)C(=O)NC(Cc1cnc[nH]1)C(=O)O. The van der Waals surface area contributed by atoms with Crippen molar-refractivity contribution in [3.05, 3.63) is 54.2 Å². The van der Waals surface area contributed by atoms with Gasteiger partial charge in [0.1, 0.15) is 24.2 Å². The highest BCUT2D eigenvalue weighted by Gasteiger charge is 2.32. The molecule has 15 nitrogen and oxygen atoms in total. The van der Waals surface area contributed by atoms with Crippen molar-refractivity contribution in [2.24, 2.45) is 5.73 Å². The molecule has 10 N–H and O–H groups in total. The van der Waals surface area contributed by atoms with E-state index in [0.717, 1.165) is 10.9 Å². The van der Waals surface area contributed by atoms with Gasteiger partial charge < -0.3 is 47.0 Å². The number of carboxylic acids is 2. The third-order valence-electron chi connectivity index (χ3n) is 6.16. The maximum atomic E-state index is 13.4. The van der Waals surface area contributed by atoms with Crippen molar-refractivity contribution in [2.45, 2.75) is 56.5 Å². The average molecular weight is 558 g/mol. The zero-order valence-electron chi connectivity index (χ0n) is 21.5. The summed E-state index contributed by atoms with van der Waals surface area (Å²) in [6.45, 7) is 1.25. The zero-order chi connectivity index (χ0) is 29.4. The van der Waals surface area contributed by atoms with Gasteiger partial charge in [0.15, 0.2) is 0 Å². The molecule has 0 aliphatic heterocycles. The van der Waals surface area contributed by atoms with Gasteiger partial charge in [-0.3, -0.25) is 19.2 Å². The number of fused-ring (bicyclic) bond motifs is 1. The number of carbonyl (C=O) groups is 5. The predicted octanol–water partition coefficient (Wildman–Crippen LogP) is -1.60. The van der Waals surface area contributed by atoms with E-state index in [1.807, 2.05) is 0 Å². The number of para-hydroxylation sites is 1. The summed E-state index contributed by atoms with van der Waals surface area (Å²) in [6.07, 6.45) is 2.05. The number of hydrogen-bond donors (Lipinski definition) is 9. The molecule has 1 aromatic carbocycles. The summed E-state index contributed by atoms with van der Waals surface area (Å²) in [5.74, 6) is -5.60. The van der Waals surface area contributed by atoms with Crippen molar-refractivity contribution < 1.29 is 39.3 Å². The molecular weight excluding hydrogens is 526 g/mol. The standard InChI is InChI=1S/C25H31N7O8/c1-12(33)21(26)24(38)31-18(8-20(34)35)23(37)30-17(6-13-9-28-16-5-3-2-4-15(13)16)22(36)32-19(25(39)40)7-14-10-27-11-29-14/h2-5,9-12,17-19,21,28,33H,6-8,26H2,1H3,(H,27,29)(H,30,37)(H,31,38)(H,32,36)(H,34,35)(H,39,40). The number of aliphatic hydroxyl groups is 1. The topological polar surface area (TPSA) is 253 Å². The average Bonchev–Trinajstić information content (AvgIpc) is 3.56. The van der Waals surface area contributed by atoms with E-state index in [9.17, 15) is 39.3 Å². The van der Waals surface area contributed by atoms with Gasteiger partial charge in [-0.2, -0.15) is 0 Å². The van der Waals surface area contributed by atoms with Crippen LogP contribution >= 0.6 is 0 Å². The van der Waals surface area contributed by atoms with E-state index in [4.69, 9.17) is 5.73 Å². The van der Waals surface area contributed by atoms with Crippen LogP contribution in [-0.4, -0.2) is 90.2 Å². The Morgan fingerprint density at radius 1 is 0.925 bits per heavy atom. The van der Waals surface area contributed by atoms with Gasteiger partial charge in [-0.1, -0.05) is 18.2 Å². The van der Waals surface area contributed by atoms with Gasteiger partial charge in [-0.25, -0.2) is 9.78 Å². The number of nitrogens with two attached hydrogens (primary N) is 1. The van der Waals surface area contributed by atoms with Gasteiger partial charge >= 0.3 is 11.9 Å². The number of carbonyl (C=O) groups excluding carboxylic acids is 3. The summed E-state index contributed by atoms with van der Waals surface area (Å²) in [4.78, 5) is 71.8. The summed E-state index contributed by atoms with van der Waals surface area (Å²) >= 11 is 0. The van der Waals surface area contributed by atoms with Gasteiger partial charge in [-0.05, 0) is 18.6 Å². The van der Waals surface area contributed by atoms with Crippen LogP contribution in [0, 0.1) is 0 Å². The van der Waals surface area contributed by atoms with E-state index in [2.05, 4.69) is 30.9 Å². The Labute approximate surface area is 227 Å². The van der Waals surface area contributed by atoms with Crippen LogP contribution in [0.5, 0.6) is 0 Å². The first-order chi connectivity index (χ1) is 19.0. The lowest BCUT2D eigenvalue weighted by Gasteiger charge is -2.25. The molecule has 5 unspecified atom stereocenters. The number of rotatable bonds is 14. The minimum atomic E-state index is -1.65. The maximum Gasteiger partial charge on any atom is 0.326 e. The van der Waals surface area contributed by atoms with E-state index < -0.39 is 66.4 Å². The maximum absolute atomic E-state index is 13.4. The number of aliphatic carboxylic acids is 2. The van der Waals surface area contributed by atoms with Crippen molar-refractivity contribution >= 4 is 40.6 Å². The van der Waals surface area contributed by atoms with Gasteiger partial charge in [-0.15, -0.1) is 0 Å². The first kappa shape index (κ1) is 29.8. The fourth-order valence-corrected chi connectivity index (χ4v) is 3.96. The Balaban J connectivity index is 1.87. The minimum absolute atomic E-state index is 0.0983. The van der Waals surface area contributed by atoms with Crippen molar-refractivity contribution in [1.82, 2.24) is 30.9 Å². The second-order valence-corrected chi connectivity index (χ2v) is 9.23. The Morgan fingerprint density at radius 3 is 2.20 bits per heavy atom. The summed E-state index contributed by atoms with van der Waals surface area (Å²) < 4.78 is 0. The summed E-state index contributed by atoms with van der Waals surface area (Å²) in [6, 6.07) is 1.35. The van der Waals surface area contributed by atoms with Crippen LogP contribution in [0.4, 0.5) is 0 Å². The van der Waals surface area contributed by atoms with Crippen molar-refractivity contribution in [3.63, 3.8) is 0 Å². The Kier molecular flexibility index (Phi) is 9.94. The van der Waals surface area contributed by atoms with Crippen LogP contribution in [0.15, 0.2) is 43.0 Å². The predicted molar refractivity (Wildman–Crippen MR) is 140 cm³/mol. The molecule has 2 aromatic heterocycles. The molecule has 2 heterocycles. The first-order valence-corrected chi connectivity index (χ1v) is 12.3. The van der Waals surface area contributed by atoms with Crippen molar-refractivity contribution in [3.8, 4) is 0 Å². The molecule has 40 heavy (non-hydrogen) atoms. The molecule has 0 aliphatic carbocycles. The highest BCUT2D eigenvalue weighted by Crippen LogP contribution is 2.19. The van der Waals surface area contributed by atoms with E-state index >= 15 is 0 Å². The molecule has 0 fully saturated rings. The van der Waals surface area contributed by atoms with Crippen LogP contribution in [0.2, 0.25) is 0 Å². The normalized spacial score (nSPS) is 14.9. The second-order valence-electron chi connectivity index (χ2n) is 9.23. The summed E-state index contributed by atoms with van der Waals surface area (Å²) in [5, 5.41) is 36.3. The van der Waals surface area contributed by atoms with Crippen LogP contribution in [0.1, 0.15) is 24.6 Å². The molecule has 0 spiro atoms. The van der Waals surface area contributed by atoms with E-state index in [1.54, 1.807) is 30.5 Å². The molecular formula is C25H31N7O8. The van der Waals surface area contributed by atoms with Crippen molar-refractivity contribution in [2.75, 3.05) is 0 Å². The highest BCUT2D eigenvalue weighted by molar-refractivity contribution is 5.96. The van der Waals surface area contributed by atoms with E-state index in [0.29, 0.717) is 11.3 Å². The lowest BCUT2D eigenvalue weighted by Crippen LogP contribution is -2.59. The molecule has 0 aliphatic rings. The Hall–Kier alpha value is -4.76. The number of amides is 3. The Morgan fingerprint density at radius 2 is 1.57 bits per heavy atom. The number of benzene rings is 1. The number of hydrogen-bond acceptors (Lipinski definition) is 8. The lowest BCUT2D eigenvalue weighted by atomic mass is 10.0. The van der Waals surface area contributed by atoms with Gasteiger partial charge in [0.05, 0.1) is 18.9 Å². The monoisotopic (exact) mass is 557 g/mol. The van der Waals surface area contributed by atoms with Gasteiger partial charge in [0.2, 0.25) is 17.7 Å². The number of carboxylic acid groups (broad SMARTS) is 2. The number of aromatic amines is 2. The Bertz CT molecular complexity index is 1350. The van der Waals surface area contributed by atoms with Gasteiger partial charge in [0.25, 0.3) is 0 Å². The highest BCUT2D eigenvalue weighted by atomic mass is 16.4. The van der Waals surface area contributed by atoms with Crippen molar-refractivity contribution in [1.29, 1.82) is 0 Å². The number of aliphatic hydroxyl groups excluding tert-OH is 1. The minimum Gasteiger partial charge on any atom is -0.481 e. The number of aromatic nitrogens is 3. The zero-order valence-corrected chi connectivity index (χ0v) is 21.5. The largest absolute Gasteiger partial charge is 0.481 e. The molecule has 0 saturated carbocycles. The summed E-state index contributed by atoms with van der Waals surface area (Å²) in [5.41, 5.74) is 7.42. The van der Waals surface area contributed by atoms with E-state index in [1.165, 1.54) is 19.4 Å². The fourth-order valence-electron chi connectivity index (χ4n) is 3.96. The molecule has 5 atom stereocenters. The lowest BCUT2D eigenvalue weighted by molar-refractivity contribution is -0.143. The van der Waals surface area contributed by atoms with Crippen LogP contribution in [0.25, 0.3) is 10.9 Å². The number of nitrogens with one attached hydrogen (secondary N) is 5. The molecule has 0 radical (unpaired) electrons. The smallest absolute Gasteiger partial charge is 0.326 e. The molecule has 0 bridgehead atoms. The molecule has 3 amide bonds. The number of nitrogens with zero attached hydrogens (tertiary/aromatic N) is 1. The van der Waals surface area contributed by atoms with Gasteiger partial charge in [0, 0.05) is 41.8 Å². The van der Waals surface area contributed by atoms with Crippen LogP contribution < -0.4 is 21.7 Å². The second kappa shape index (κ2) is 13.3. The fraction of sp³-hybridized carbons (Fsp3) is 0.360. The third-order valence-corrected chi connectivity index (χ3v) is 6.16. The molecule has 0 saturated heterocycles. The molecule has 214 valence electrons. The number of H-pyrrole nitrogens is 2. The first-order valence-electron chi connectivity index (χ1n) is 12.3. The molecule has 3 aromatic rings. The number of imidazole rings is 1. The van der Waals surface area contributed by atoms with E-state index in [-0.39, 0.29) is 12.8 Å². The molecule has 3 rings (SSSR count). The molecule has 15 heteroatoms. The van der Waals surface area contributed by atoms with Crippen LogP contribution in [0.3, 0.4) is 0 Å². The summed E-state index contributed by atoms with van der Waals surface area (Å²) in [7, 11) is 0. The third kappa shape index (κ3) is 7.87. The van der Waals surface area contributed by atoms with Crippen LogP contribution in [-0.2, 0) is 36.8 Å².